The first-order valence-electron chi connectivity index (χ1n) is 8.23. The molecule has 2 amide bonds. The minimum atomic E-state index is -0.784. The van der Waals surface area contributed by atoms with Crippen molar-refractivity contribution >= 4 is 29.1 Å². The Balaban J connectivity index is 1.79. The van der Waals surface area contributed by atoms with Crippen molar-refractivity contribution in [2.45, 2.75) is 19.1 Å². The second-order valence-electron chi connectivity index (χ2n) is 6.13. The van der Waals surface area contributed by atoms with Crippen LogP contribution in [0.15, 0.2) is 54.6 Å². The lowest BCUT2D eigenvalue weighted by Gasteiger charge is -2.28. The number of anilines is 1. The van der Waals surface area contributed by atoms with Crippen molar-refractivity contribution in [3.63, 3.8) is 0 Å². The Morgan fingerprint density at radius 1 is 1.00 bits per heavy atom. The molecule has 0 radical (unpaired) electrons. The van der Waals surface area contributed by atoms with Crippen molar-refractivity contribution < 1.29 is 14.4 Å². The third-order valence-electron chi connectivity index (χ3n) is 4.75. The van der Waals surface area contributed by atoms with Crippen LogP contribution in [-0.2, 0) is 14.4 Å². The number of carbonyl (C=O) groups excluding carboxylic acids is 2. The number of hydroxylamine groups is 1. The Morgan fingerprint density at radius 3 is 2.32 bits per heavy atom. The van der Waals surface area contributed by atoms with Crippen LogP contribution < -0.4 is 5.06 Å². The van der Waals surface area contributed by atoms with Gasteiger partial charge in [0, 0.05) is 11.6 Å². The van der Waals surface area contributed by atoms with Gasteiger partial charge in [-0.1, -0.05) is 41.9 Å². The maximum absolute atomic E-state index is 12.8. The zero-order chi connectivity index (χ0) is 17.6. The molecule has 0 bridgehead atoms. The molecule has 3 atom stereocenters. The van der Waals surface area contributed by atoms with Gasteiger partial charge < -0.3 is 0 Å². The first-order valence-corrected chi connectivity index (χ1v) is 8.61. The molecular formula is C19H17ClN2O3. The lowest BCUT2D eigenvalue weighted by molar-refractivity contribution is -0.142. The number of hydrogen-bond donors (Lipinski definition) is 0. The standard InChI is InChI=1S/C19H17ClN2O3/c1-2-21-18(23)15-16(12-6-4-3-5-7-12)22(25-17(15)19(21)24)14-10-8-13(20)9-11-14/h3-11,15-17H,2H2,1H3/t15-,16+,17-/m1/s1. The second-order valence-corrected chi connectivity index (χ2v) is 6.57. The van der Waals surface area contributed by atoms with E-state index in [1.165, 1.54) is 4.90 Å². The maximum atomic E-state index is 12.8. The molecule has 2 heterocycles. The summed E-state index contributed by atoms with van der Waals surface area (Å²) in [4.78, 5) is 32.6. The summed E-state index contributed by atoms with van der Waals surface area (Å²) in [5.41, 5.74) is 1.69. The monoisotopic (exact) mass is 356 g/mol. The number of carbonyl (C=O) groups is 2. The summed E-state index contributed by atoms with van der Waals surface area (Å²) < 4.78 is 0. The Hall–Kier alpha value is -2.37. The minimum Gasteiger partial charge on any atom is -0.280 e. The number of rotatable bonds is 3. The highest BCUT2D eigenvalue weighted by molar-refractivity contribution is 6.30. The fourth-order valence-electron chi connectivity index (χ4n) is 3.58. The lowest BCUT2D eigenvalue weighted by atomic mass is 9.90. The van der Waals surface area contributed by atoms with Gasteiger partial charge in [-0.05, 0) is 36.8 Å². The average Bonchev–Trinajstić information content (AvgIpc) is 3.13. The maximum Gasteiger partial charge on any atom is 0.261 e. The fourth-order valence-corrected chi connectivity index (χ4v) is 3.71. The predicted octanol–water partition coefficient (Wildman–Crippen LogP) is 3.21. The van der Waals surface area contributed by atoms with Crippen molar-refractivity contribution in [1.82, 2.24) is 4.90 Å². The topological polar surface area (TPSA) is 49.9 Å². The highest BCUT2D eigenvalue weighted by Crippen LogP contribution is 2.46. The van der Waals surface area contributed by atoms with E-state index in [0.29, 0.717) is 11.6 Å². The largest absolute Gasteiger partial charge is 0.280 e. The second kappa shape index (κ2) is 6.17. The molecule has 2 aliphatic rings. The third kappa shape index (κ3) is 2.51. The highest BCUT2D eigenvalue weighted by atomic mass is 35.5. The van der Waals surface area contributed by atoms with Crippen LogP contribution in [0.1, 0.15) is 18.5 Å². The number of benzene rings is 2. The van der Waals surface area contributed by atoms with Crippen molar-refractivity contribution in [2.24, 2.45) is 5.92 Å². The molecule has 6 heteroatoms. The van der Waals surface area contributed by atoms with E-state index < -0.39 is 12.0 Å². The third-order valence-corrected chi connectivity index (χ3v) is 5.00. The summed E-state index contributed by atoms with van der Waals surface area (Å²) in [7, 11) is 0. The molecule has 2 fully saturated rings. The van der Waals surface area contributed by atoms with Gasteiger partial charge >= 0.3 is 0 Å². The molecule has 0 N–H and O–H groups in total. The molecule has 0 aromatic heterocycles. The first-order chi connectivity index (χ1) is 12.1. The van der Waals surface area contributed by atoms with Crippen molar-refractivity contribution in [3.8, 4) is 0 Å². The summed E-state index contributed by atoms with van der Waals surface area (Å²) in [6.07, 6.45) is -0.784. The normalized spacial score (nSPS) is 25.6. The summed E-state index contributed by atoms with van der Waals surface area (Å²) in [6.45, 7) is 2.15. The van der Waals surface area contributed by atoms with Gasteiger partial charge in [0.25, 0.3) is 5.91 Å². The Bertz CT molecular complexity index is 809. The Kier molecular flexibility index (Phi) is 3.98. The van der Waals surface area contributed by atoms with E-state index in [2.05, 4.69) is 0 Å². The minimum absolute atomic E-state index is 0.178. The van der Waals surface area contributed by atoms with Gasteiger partial charge in [0.1, 0.15) is 5.92 Å². The summed E-state index contributed by atoms with van der Waals surface area (Å²) in [5.74, 6) is -0.997. The van der Waals surface area contributed by atoms with E-state index in [0.717, 1.165) is 11.3 Å². The SMILES string of the molecule is CCN1C(=O)[C@H]2[C@@H](ON(c3ccc(Cl)cc3)[C@H]2c2ccccc2)C1=O. The zero-order valence-corrected chi connectivity index (χ0v) is 14.4. The van der Waals surface area contributed by atoms with Crippen LogP contribution >= 0.6 is 11.6 Å². The summed E-state index contributed by atoms with van der Waals surface area (Å²) in [6, 6.07) is 16.5. The van der Waals surface area contributed by atoms with Crippen LogP contribution in [0.5, 0.6) is 0 Å². The van der Waals surface area contributed by atoms with Gasteiger partial charge in [-0.25, -0.2) is 5.06 Å². The molecule has 2 aromatic carbocycles. The predicted molar refractivity (Wildman–Crippen MR) is 93.9 cm³/mol. The average molecular weight is 357 g/mol. The van der Waals surface area contributed by atoms with E-state index in [1.54, 1.807) is 24.1 Å². The lowest BCUT2D eigenvalue weighted by Crippen LogP contribution is -2.37. The molecule has 2 aromatic rings. The van der Waals surface area contributed by atoms with Crippen LogP contribution in [0.2, 0.25) is 5.02 Å². The van der Waals surface area contributed by atoms with Gasteiger partial charge in [0.05, 0.1) is 11.7 Å². The smallest absolute Gasteiger partial charge is 0.261 e. The number of likely N-dealkylation sites (N-methyl/N-ethyl adjacent to an activating group) is 1. The molecule has 2 aliphatic heterocycles. The van der Waals surface area contributed by atoms with Gasteiger partial charge in [0.15, 0.2) is 6.10 Å². The first kappa shape index (κ1) is 16.1. The Labute approximate surface area is 150 Å². The van der Waals surface area contributed by atoms with Gasteiger partial charge in [0.2, 0.25) is 5.91 Å². The van der Waals surface area contributed by atoms with E-state index in [4.69, 9.17) is 16.4 Å². The number of nitrogens with zero attached hydrogens (tertiary/aromatic N) is 2. The highest BCUT2D eigenvalue weighted by Gasteiger charge is 2.59. The van der Waals surface area contributed by atoms with E-state index in [-0.39, 0.29) is 17.9 Å². The molecule has 0 spiro atoms. The van der Waals surface area contributed by atoms with Gasteiger partial charge in [-0.2, -0.15) is 0 Å². The number of halogens is 1. The molecule has 2 saturated heterocycles. The Morgan fingerprint density at radius 2 is 1.68 bits per heavy atom. The van der Waals surface area contributed by atoms with Crippen LogP contribution in [0.3, 0.4) is 0 Å². The molecule has 25 heavy (non-hydrogen) atoms. The molecular weight excluding hydrogens is 340 g/mol. The zero-order valence-electron chi connectivity index (χ0n) is 13.6. The van der Waals surface area contributed by atoms with Crippen LogP contribution in [0.25, 0.3) is 0 Å². The van der Waals surface area contributed by atoms with E-state index in [9.17, 15) is 9.59 Å². The molecule has 0 saturated carbocycles. The summed E-state index contributed by atoms with van der Waals surface area (Å²) in [5, 5.41) is 2.28. The van der Waals surface area contributed by atoms with Crippen LogP contribution in [-0.4, -0.2) is 29.4 Å². The van der Waals surface area contributed by atoms with E-state index >= 15 is 0 Å². The number of hydrogen-bond acceptors (Lipinski definition) is 4. The number of fused-ring (bicyclic) bond motifs is 1. The molecule has 128 valence electrons. The summed E-state index contributed by atoms with van der Waals surface area (Å²) >= 11 is 5.98. The van der Waals surface area contributed by atoms with Crippen molar-refractivity contribution in [2.75, 3.05) is 11.6 Å². The molecule has 5 nitrogen and oxygen atoms in total. The van der Waals surface area contributed by atoms with Gasteiger partial charge in [-0.3, -0.25) is 19.3 Å². The van der Waals surface area contributed by atoms with Crippen molar-refractivity contribution in [3.05, 3.63) is 65.2 Å². The number of amides is 2. The molecule has 0 unspecified atom stereocenters. The van der Waals surface area contributed by atoms with Crippen LogP contribution in [0.4, 0.5) is 5.69 Å². The van der Waals surface area contributed by atoms with Crippen LogP contribution in [0, 0.1) is 5.92 Å². The number of likely N-dealkylation sites (tertiary alicyclic amines) is 1. The molecule has 4 rings (SSSR count). The fraction of sp³-hybridized carbons (Fsp3) is 0.263. The van der Waals surface area contributed by atoms with Gasteiger partial charge in [-0.15, -0.1) is 0 Å². The molecule has 0 aliphatic carbocycles. The number of imide groups is 1. The van der Waals surface area contributed by atoms with E-state index in [1.807, 2.05) is 42.5 Å². The van der Waals surface area contributed by atoms with Crippen molar-refractivity contribution in [1.29, 1.82) is 0 Å². The quantitative estimate of drug-likeness (QED) is 0.792.